The Morgan fingerprint density at radius 1 is 1.05 bits per heavy atom. The van der Waals surface area contributed by atoms with E-state index in [-0.39, 0.29) is 60.2 Å². The molecule has 41 heavy (non-hydrogen) atoms. The number of piperidine rings is 2. The van der Waals surface area contributed by atoms with Crippen LogP contribution < -0.4 is 10.4 Å². The van der Waals surface area contributed by atoms with Crippen LogP contribution in [0.15, 0.2) is 46.1 Å². The van der Waals surface area contributed by atoms with Crippen molar-refractivity contribution in [1.29, 1.82) is 0 Å². The van der Waals surface area contributed by atoms with Gasteiger partial charge in [0.1, 0.15) is 16.7 Å². The molecule has 2 aliphatic heterocycles. The number of nitrogens with zero attached hydrogens (tertiary/aromatic N) is 4. The Labute approximate surface area is 240 Å². The fourth-order valence-electron chi connectivity index (χ4n) is 5.86. The van der Waals surface area contributed by atoms with Gasteiger partial charge in [-0.3, -0.25) is 23.6 Å². The summed E-state index contributed by atoms with van der Waals surface area (Å²) in [6.07, 6.45) is -0.171. The molecule has 3 heterocycles. The van der Waals surface area contributed by atoms with Crippen LogP contribution in [0.1, 0.15) is 48.8 Å². The number of imidazole rings is 1. The third kappa shape index (κ3) is 5.19. The average molecular weight is 605 g/mol. The zero-order valence-electron chi connectivity index (χ0n) is 22.4. The summed E-state index contributed by atoms with van der Waals surface area (Å²) in [6, 6.07) is 9.08. The van der Waals surface area contributed by atoms with Crippen LogP contribution in [-0.4, -0.2) is 70.6 Å². The second-order valence-corrected chi connectivity index (χ2v) is 12.8. The molecule has 0 spiro atoms. The first-order valence-corrected chi connectivity index (χ1v) is 15.4. The standard InChI is InChI=1S/C27H29ClN4O8S/c1-29-23-20(8-7-19(24(23)41(28,38)39)17-11-13-30(14-12-17)27(36)37)32(26(29)35)21-9-10-22(33)31(25(21)34)15-16-3-5-18(40-2)6-4-16/h3-8,17,21H,9-15H2,1-2H3,(H,36,37). The van der Waals surface area contributed by atoms with Gasteiger partial charge in [-0.1, -0.05) is 18.2 Å². The summed E-state index contributed by atoms with van der Waals surface area (Å²) in [5, 5.41) is 9.29. The van der Waals surface area contributed by atoms with Gasteiger partial charge in [0.2, 0.25) is 5.91 Å². The lowest BCUT2D eigenvalue weighted by molar-refractivity contribution is -0.151. The fourth-order valence-corrected chi connectivity index (χ4v) is 7.33. The molecule has 0 aliphatic carbocycles. The predicted octanol–water partition coefficient (Wildman–Crippen LogP) is 3.02. The number of fused-ring (bicyclic) bond motifs is 1. The van der Waals surface area contributed by atoms with Gasteiger partial charge in [-0.2, -0.15) is 0 Å². The first-order chi connectivity index (χ1) is 19.4. The average Bonchev–Trinajstić information content (AvgIpc) is 3.19. The Balaban J connectivity index is 1.56. The summed E-state index contributed by atoms with van der Waals surface area (Å²) in [5.74, 6) is -0.602. The Kier molecular flexibility index (Phi) is 7.60. The highest BCUT2D eigenvalue weighted by atomic mass is 35.7. The van der Waals surface area contributed by atoms with Gasteiger partial charge in [0.15, 0.2) is 0 Å². The Morgan fingerprint density at radius 3 is 2.29 bits per heavy atom. The second-order valence-electron chi connectivity index (χ2n) is 10.3. The van der Waals surface area contributed by atoms with Gasteiger partial charge in [0.05, 0.1) is 24.7 Å². The maximum Gasteiger partial charge on any atom is 0.407 e. The lowest BCUT2D eigenvalue weighted by Crippen LogP contribution is -2.47. The summed E-state index contributed by atoms with van der Waals surface area (Å²) in [6.45, 7) is 0.473. The van der Waals surface area contributed by atoms with Gasteiger partial charge < -0.3 is 14.7 Å². The van der Waals surface area contributed by atoms with E-state index in [2.05, 4.69) is 0 Å². The Morgan fingerprint density at radius 2 is 1.71 bits per heavy atom. The van der Waals surface area contributed by atoms with E-state index in [9.17, 15) is 32.7 Å². The van der Waals surface area contributed by atoms with Gasteiger partial charge in [-0.05, 0) is 54.5 Å². The number of imide groups is 1. The highest BCUT2D eigenvalue weighted by molar-refractivity contribution is 8.14. The van der Waals surface area contributed by atoms with Gasteiger partial charge in [-0.25, -0.2) is 18.0 Å². The fraction of sp³-hybridized carbons (Fsp3) is 0.407. The van der Waals surface area contributed by atoms with Crippen LogP contribution >= 0.6 is 10.7 Å². The van der Waals surface area contributed by atoms with Crippen molar-refractivity contribution >= 4 is 48.7 Å². The van der Waals surface area contributed by atoms with Crippen molar-refractivity contribution in [3.63, 3.8) is 0 Å². The highest BCUT2D eigenvalue weighted by Gasteiger charge is 2.39. The molecule has 2 aromatic carbocycles. The van der Waals surface area contributed by atoms with Crippen molar-refractivity contribution in [3.8, 4) is 5.75 Å². The number of hydrogen-bond donors (Lipinski definition) is 1. The Bertz CT molecular complexity index is 1710. The number of benzene rings is 2. The maximum absolute atomic E-state index is 13.7. The number of carbonyl (C=O) groups excluding carboxylic acids is 2. The number of rotatable bonds is 6. The van der Waals surface area contributed by atoms with Crippen molar-refractivity contribution in [2.24, 2.45) is 7.05 Å². The molecule has 1 aromatic heterocycles. The van der Waals surface area contributed by atoms with Crippen LogP contribution in [0.25, 0.3) is 11.0 Å². The maximum atomic E-state index is 13.7. The SMILES string of the molecule is COc1ccc(CN2C(=O)CCC(n3c(=O)n(C)c4c(S(=O)(=O)Cl)c(C5CCN(C(=O)O)CC5)ccc43)C2=O)cc1. The number of halogens is 1. The predicted molar refractivity (Wildman–Crippen MR) is 149 cm³/mol. The van der Waals surface area contributed by atoms with E-state index in [0.717, 1.165) is 9.47 Å². The summed E-state index contributed by atoms with van der Waals surface area (Å²) >= 11 is 0. The molecule has 1 unspecified atom stereocenters. The third-order valence-electron chi connectivity index (χ3n) is 7.97. The molecule has 2 fully saturated rings. The van der Waals surface area contributed by atoms with Gasteiger partial charge in [0, 0.05) is 37.2 Å². The highest BCUT2D eigenvalue weighted by Crippen LogP contribution is 2.39. The number of carboxylic acid groups (broad SMARTS) is 1. The number of methoxy groups -OCH3 is 1. The van der Waals surface area contributed by atoms with Crippen LogP contribution in [0.3, 0.4) is 0 Å². The van der Waals surface area contributed by atoms with Crippen LogP contribution in [0.2, 0.25) is 0 Å². The van der Waals surface area contributed by atoms with Crippen molar-refractivity contribution < 1.29 is 32.6 Å². The first kappa shape index (κ1) is 28.7. The molecule has 3 amide bonds. The van der Waals surface area contributed by atoms with E-state index in [1.165, 1.54) is 23.6 Å². The molecule has 3 aromatic rings. The van der Waals surface area contributed by atoms with Crippen LogP contribution in [-0.2, 0) is 32.2 Å². The number of carbonyl (C=O) groups is 3. The van der Waals surface area contributed by atoms with Gasteiger partial charge in [-0.15, -0.1) is 0 Å². The Hall–Kier alpha value is -3.84. The second kappa shape index (κ2) is 10.9. The molecule has 2 saturated heterocycles. The van der Waals surface area contributed by atoms with Crippen LogP contribution in [0, 0.1) is 0 Å². The summed E-state index contributed by atoms with van der Waals surface area (Å²) in [4.78, 5) is 53.5. The van der Waals surface area contributed by atoms with Crippen molar-refractivity contribution in [1.82, 2.24) is 18.9 Å². The molecule has 2 aliphatic rings. The molecule has 218 valence electrons. The zero-order valence-corrected chi connectivity index (χ0v) is 24.0. The number of aromatic nitrogens is 2. The molecule has 0 radical (unpaired) electrons. The third-order valence-corrected chi connectivity index (χ3v) is 9.35. The summed E-state index contributed by atoms with van der Waals surface area (Å²) in [7, 11) is 4.54. The number of amides is 3. The monoisotopic (exact) mass is 604 g/mol. The quantitative estimate of drug-likeness (QED) is 0.333. The smallest absolute Gasteiger partial charge is 0.407 e. The largest absolute Gasteiger partial charge is 0.497 e. The molecule has 0 saturated carbocycles. The molecule has 1 atom stereocenters. The van der Waals surface area contributed by atoms with E-state index < -0.39 is 32.8 Å². The number of aryl methyl sites for hydroxylation is 1. The molecule has 14 heteroatoms. The number of hydrogen-bond acceptors (Lipinski definition) is 7. The van der Waals surface area contributed by atoms with Gasteiger partial charge in [0.25, 0.3) is 15.0 Å². The van der Waals surface area contributed by atoms with Crippen LogP contribution in [0.5, 0.6) is 5.75 Å². The van der Waals surface area contributed by atoms with E-state index in [1.807, 2.05) is 0 Å². The summed E-state index contributed by atoms with van der Waals surface area (Å²) < 4.78 is 33.5. The molecule has 0 bridgehead atoms. The lowest BCUT2D eigenvalue weighted by atomic mass is 9.89. The van der Waals surface area contributed by atoms with Crippen molar-refractivity contribution in [2.75, 3.05) is 20.2 Å². The molecule has 5 rings (SSSR count). The zero-order chi connectivity index (χ0) is 29.6. The topological polar surface area (TPSA) is 148 Å². The van der Waals surface area contributed by atoms with E-state index in [1.54, 1.807) is 36.4 Å². The molecular formula is C27H29ClN4O8S. The van der Waals surface area contributed by atoms with E-state index >= 15 is 0 Å². The van der Waals surface area contributed by atoms with E-state index in [4.69, 9.17) is 15.4 Å². The van der Waals surface area contributed by atoms with E-state index in [0.29, 0.717) is 29.7 Å². The minimum atomic E-state index is -4.37. The minimum absolute atomic E-state index is 0.0121. The van der Waals surface area contributed by atoms with Crippen LogP contribution in [0.4, 0.5) is 4.79 Å². The van der Waals surface area contributed by atoms with Gasteiger partial charge >= 0.3 is 11.8 Å². The molecule has 12 nitrogen and oxygen atoms in total. The molecule has 1 N–H and O–H groups in total. The molecular weight excluding hydrogens is 576 g/mol. The number of ether oxygens (including phenoxy) is 1. The summed E-state index contributed by atoms with van der Waals surface area (Å²) in [5.41, 5.74) is 0.760. The normalized spacial score (nSPS) is 18.8. The van der Waals surface area contributed by atoms with Crippen molar-refractivity contribution in [2.45, 2.75) is 49.1 Å². The lowest BCUT2D eigenvalue weighted by Gasteiger charge is -2.32. The number of likely N-dealkylation sites (tertiary alicyclic amines) is 2. The first-order valence-electron chi connectivity index (χ1n) is 13.1. The minimum Gasteiger partial charge on any atom is -0.497 e. The van der Waals surface area contributed by atoms with Crippen molar-refractivity contribution in [3.05, 3.63) is 58.0 Å².